The monoisotopic (exact) mass is 273 g/mol. The van der Waals surface area contributed by atoms with Gasteiger partial charge in [-0.25, -0.2) is 4.79 Å². The number of aromatic nitrogens is 1. The highest BCUT2D eigenvalue weighted by Crippen LogP contribution is 2.42. The van der Waals surface area contributed by atoms with Gasteiger partial charge in [-0.05, 0) is 18.1 Å². The molecule has 20 heavy (non-hydrogen) atoms. The minimum atomic E-state index is -2.01. The Hall–Kier alpha value is -2.14. The van der Waals surface area contributed by atoms with Gasteiger partial charge in [0.25, 0.3) is 0 Å². The van der Waals surface area contributed by atoms with Crippen LogP contribution >= 0.6 is 0 Å². The number of aliphatic hydroxyl groups is 1. The van der Waals surface area contributed by atoms with E-state index in [0.29, 0.717) is 12.8 Å². The molecule has 5 heteroatoms. The van der Waals surface area contributed by atoms with Crippen LogP contribution < -0.4 is 0 Å². The SMILES string of the molecule is O=C1CCC(c2c[nH]c3ccccc23)C(O)(C(=O)O)C1. The number of benzene rings is 1. The highest BCUT2D eigenvalue weighted by molar-refractivity contribution is 5.92. The van der Waals surface area contributed by atoms with Gasteiger partial charge in [0.15, 0.2) is 5.60 Å². The predicted octanol–water partition coefficient (Wildman–Crippen LogP) is 1.82. The summed E-state index contributed by atoms with van der Waals surface area (Å²) in [5.74, 6) is -2.11. The first-order valence-corrected chi connectivity index (χ1v) is 6.56. The Bertz CT molecular complexity index is 690. The van der Waals surface area contributed by atoms with E-state index in [0.717, 1.165) is 16.5 Å². The third kappa shape index (κ3) is 1.82. The molecule has 0 spiro atoms. The van der Waals surface area contributed by atoms with Crippen molar-refractivity contribution in [2.45, 2.75) is 30.8 Å². The zero-order chi connectivity index (χ0) is 14.3. The number of Topliss-reactive ketones (excluding diaryl/α,β-unsaturated/α-hetero) is 1. The van der Waals surface area contributed by atoms with Gasteiger partial charge in [0.1, 0.15) is 5.78 Å². The van der Waals surface area contributed by atoms with Crippen LogP contribution in [0, 0.1) is 0 Å². The third-order valence-corrected chi connectivity index (χ3v) is 4.12. The molecule has 5 nitrogen and oxygen atoms in total. The van der Waals surface area contributed by atoms with E-state index in [2.05, 4.69) is 4.98 Å². The lowest BCUT2D eigenvalue weighted by molar-refractivity contribution is -0.167. The smallest absolute Gasteiger partial charge is 0.336 e. The highest BCUT2D eigenvalue weighted by Gasteiger charge is 2.49. The zero-order valence-corrected chi connectivity index (χ0v) is 10.8. The number of hydrogen-bond donors (Lipinski definition) is 3. The second-order valence-electron chi connectivity index (χ2n) is 5.33. The quantitative estimate of drug-likeness (QED) is 0.778. The molecular formula is C15H15NO4. The van der Waals surface area contributed by atoms with E-state index in [9.17, 15) is 19.8 Å². The molecule has 104 valence electrons. The molecule has 1 aromatic heterocycles. The van der Waals surface area contributed by atoms with Crippen LogP contribution in [-0.2, 0) is 9.59 Å². The average Bonchev–Trinajstić information content (AvgIpc) is 2.82. The molecule has 1 aliphatic rings. The van der Waals surface area contributed by atoms with Crippen molar-refractivity contribution in [3.8, 4) is 0 Å². The molecular weight excluding hydrogens is 258 g/mol. The average molecular weight is 273 g/mol. The van der Waals surface area contributed by atoms with Gasteiger partial charge < -0.3 is 15.2 Å². The molecule has 1 heterocycles. The van der Waals surface area contributed by atoms with Crippen molar-refractivity contribution in [1.29, 1.82) is 0 Å². The number of fused-ring (bicyclic) bond motifs is 1. The van der Waals surface area contributed by atoms with Crippen molar-refractivity contribution < 1.29 is 19.8 Å². The molecule has 0 radical (unpaired) electrons. The summed E-state index contributed by atoms with van der Waals surface area (Å²) in [5.41, 5.74) is -0.356. The Morgan fingerprint density at radius 1 is 1.35 bits per heavy atom. The van der Waals surface area contributed by atoms with Gasteiger partial charge >= 0.3 is 5.97 Å². The lowest BCUT2D eigenvalue weighted by atomic mass is 9.71. The van der Waals surface area contributed by atoms with Crippen molar-refractivity contribution in [1.82, 2.24) is 4.98 Å². The molecule has 1 fully saturated rings. The number of H-pyrrole nitrogens is 1. The van der Waals surface area contributed by atoms with Gasteiger partial charge in [0, 0.05) is 35.9 Å². The van der Waals surface area contributed by atoms with E-state index in [1.165, 1.54) is 0 Å². The number of aliphatic carboxylic acids is 1. The predicted molar refractivity (Wildman–Crippen MR) is 72.5 cm³/mol. The second kappa shape index (κ2) is 4.45. The summed E-state index contributed by atoms with van der Waals surface area (Å²) in [6.07, 6.45) is 2.06. The summed E-state index contributed by atoms with van der Waals surface area (Å²) >= 11 is 0. The summed E-state index contributed by atoms with van der Waals surface area (Å²) in [6, 6.07) is 7.54. The summed E-state index contributed by atoms with van der Waals surface area (Å²) in [4.78, 5) is 26.1. The second-order valence-corrected chi connectivity index (χ2v) is 5.33. The molecule has 0 amide bonds. The number of nitrogens with one attached hydrogen (secondary N) is 1. The van der Waals surface area contributed by atoms with Crippen LogP contribution in [0.5, 0.6) is 0 Å². The molecule has 2 unspecified atom stereocenters. The van der Waals surface area contributed by atoms with E-state index in [4.69, 9.17) is 0 Å². The number of aromatic amines is 1. The van der Waals surface area contributed by atoms with Crippen LogP contribution in [0.4, 0.5) is 0 Å². The standard InChI is InChI=1S/C15H15NO4/c17-9-5-6-12(15(20,7-9)14(18)19)11-8-16-13-4-2-1-3-10(11)13/h1-4,8,12,16,20H,5-7H2,(H,18,19). The fraction of sp³-hybridized carbons (Fsp3) is 0.333. The number of carbonyl (C=O) groups excluding carboxylic acids is 1. The molecule has 1 saturated carbocycles. The number of hydrogen-bond acceptors (Lipinski definition) is 3. The Labute approximate surface area is 115 Å². The number of carbonyl (C=O) groups is 2. The van der Waals surface area contributed by atoms with Gasteiger partial charge in [-0.2, -0.15) is 0 Å². The van der Waals surface area contributed by atoms with Crippen LogP contribution in [0.15, 0.2) is 30.5 Å². The molecule has 3 N–H and O–H groups in total. The Morgan fingerprint density at radius 3 is 2.85 bits per heavy atom. The van der Waals surface area contributed by atoms with E-state index in [1.54, 1.807) is 6.20 Å². The van der Waals surface area contributed by atoms with Crippen LogP contribution in [-0.4, -0.2) is 32.6 Å². The normalized spacial score (nSPS) is 26.9. The number of carboxylic acid groups (broad SMARTS) is 1. The molecule has 0 bridgehead atoms. The minimum absolute atomic E-state index is 0.203. The maximum Gasteiger partial charge on any atom is 0.336 e. The maximum absolute atomic E-state index is 11.5. The molecule has 2 atom stereocenters. The molecule has 1 aliphatic carbocycles. The van der Waals surface area contributed by atoms with Crippen molar-refractivity contribution >= 4 is 22.7 Å². The largest absolute Gasteiger partial charge is 0.479 e. The van der Waals surface area contributed by atoms with Crippen molar-refractivity contribution in [3.05, 3.63) is 36.0 Å². The summed E-state index contributed by atoms with van der Waals surface area (Å²) in [6.45, 7) is 0. The molecule has 2 aromatic rings. The molecule has 0 aliphatic heterocycles. The van der Waals surface area contributed by atoms with Gasteiger partial charge in [-0.15, -0.1) is 0 Å². The van der Waals surface area contributed by atoms with Crippen LogP contribution in [0.25, 0.3) is 10.9 Å². The fourth-order valence-corrected chi connectivity index (χ4v) is 3.08. The first kappa shape index (κ1) is 12.9. The third-order valence-electron chi connectivity index (χ3n) is 4.12. The van der Waals surface area contributed by atoms with Crippen LogP contribution in [0.1, 0.15) is 30.7 Å². The van der Waals surface area contributed by atoms with Crippen LogP contribution in [0.3, 0.4) is 0 Å². The Morgan fingerprint density at radius 2 is 2.10 bits per heavy atom. The number of rotatable bonds is 2. The summed E-state index contributed by atoms with van der Waals surface area (Å²) in [7, 11) is 0. The Kier molecular flexibility index (Phi) is 2.87. The number of ketones is 1. The summed E-state index contributed by atoms with van der Waals surface area (Å²) < 4.78 is 0. The van der Waals surface area contributed by atoms with Crippen molar-refractivity contribution in [2.24, 2.45) is 0 Å². The molecule has 3 rings (SSSR count). The number of para-hydroxylation sites is 1. The molecule has 0 saturated heterocycles. The van der Waals surface area contributed by atoms with Crippen molar-refractivity contribution in [2.75, 3.05) is 0 Å². The lowest BCUT2D eigenvalue weighted by Crippen LogP contribution is -2.49. The van der Waals surface area contributed by atoms with E-state index in [1.807, 2.05) is 24.3 Å². The maximum atomic E-state index is 11.5. The zero-order valence-electron chi connectivity index (χ0n) is 10.8. The summed E-state index contributed by atoms with van der Waals surface area (Å²) in [5, 5.41) is 20.7. The topological polar surface area (TPSA) is 90.4 Å². The Balaban J connectivity index is 2.11. The lowest BCUT2D eigenvalue weighted by Gasteiger charge is -2.35. The van der Waals surface area contributed by atoms with Gasteiger partial charge in [-0.3, -0.25) is 4.79 Å². The van der Waals surface area contributed by atoms with E-state index >= 15 is 0 Å². The van der Waals surface area contributed by atoms with E-state index < -0.39 is 17.5 Å². The highest BCUT2D eigenvalue weighted by atomic mass is 16.4. The fourth-order valence-electron chi connectivity index (χ4n) is 3.08. The van der Waals surface area contributed by atoms with Crippen LogP contribution in [0.2, 0.25) is 0 Å². The first-order valence-electron chi connectivity index (χ1n) is 6.56. The number of carboxylic acids is 1. The van der Waals surface area contributed by atoms with Crippen molar-refractivity contribution in [3.63, 3.8) is 0 Å². The molecule has 1 aromatic carbocycles. The van der Waals surface area contributed by atoms with E-state index in [-0.39, 0.29) is 12.2 Å². The van der Waals surface area contributed by atoms with Gasteiger partial charge in [0.05, 0.1) is 0 Å². The first-order chi connectivity index (χ1) is 9.52. The minimum Gasteiger partial charge on any atom is -0.479 e. The van der Waals surface area contributed by atoms with Gasteiger partial charge in [-0.1, -0.05) is 18.2 Å². The van der Waals surface area contributed by atoms with Gasteiger partial charge in [0.2, 0.25) is 0 Å².